The molecule has 5 heteroatoms. The Bertz CT molecular complexity index is 393. The van der Waals surface area contributed by atoms with Crippen molar-refractivity contribution in [1.29, 1.82) is 0 Å². The number of amides is 1. The van der Waals surface area contributed by atoms with E-state index in [1.807, 2.05) is 0 Å². The lowest BCUT2D eigenvalue weighted by atomic mass is 10.4. The van der Waals surface area contributed by atoms with Crippen molar-refractivity contribution in [3.63, 3.8) is 0 Å². The van der Waals surface area contributed by atoms with Crippen LogP contribution < -0.4 is 10.5 Å². The predicted octanol–water partition coefficient (Wildman–Crippen LogP) is -0.0224. The summed E-state index contributed by atoms with van der Waals surface area (Å²) in [7, 11) is 0. The van der Waals surface area contributed by atoms with Crippen LogP contribution in [-0.2, 0) is 0 Å². The zero-order valence-electron chi connectivity index (χ0n) is 7.65. The number of ether oxygens (including phenoxy) is 1. The summed E-state index contributed by atoms with van der Waals surface area (Å²) in [5, 5.41) is 0. The number of hydrogen-bond donors (Lipinski definition) is 1. The van der Waals surface area contributed by atoms with Crippen molar-refractivity contribution in [3.05, 3.63) is 18.1 Å². The van der Waals surface area contributed by atoms with Gasteiger partial charge in [-0.25, -0.2) is 9.97 Å². The summed E-state index contributed by atoms with van der Waals surface area (Å²) in [6, 6.07) is 0. The van der Waals surface area contributed by atoms with Crippen LogP contribution in [0.15, 0.2) is 12.4 Å². The maximum Gasteiger partial charge on any atom is 0.272 e. The van der Waals surface area contributed by atoms with Crippen molar-refractivity contribution < 1.29 is 9.53 Å². The van der Waals surface area contributed by atoms with E-state index >= 15 is 0 Å². The first-order chi connectivity index (χ1) is 6.75. The van der Waals surface area contributed by atoms with Gasteiger partial charge in [0.15, 0.2) is 12.3 Å². The second-order valence-electron chi connectivity index (χ2n) is 2.29. The Morgan fingerprint density at radius 3 is 2.93 bits per heavy atom. The maximum atomic E-state index is 10.9. The molecule has 1 rings (SSSR count). The minimum atomic E-state index is -0.669. The highest BCUT2D eigenvalue weighted by Gasteiger charge is 2.10. The highest BCUT2D eigenvalue weighted by molar-refractivity contribution is 5.92. The summed E-state index contributed by atoms with van der Waals surface area (Å²) < 4.78 is 5.09. The smallest absolute Gasteiger partial charge is 0.272 e. The van der Waals surface area contributed by atoms with Crippen LogP contribution in [0.2, 0.25) is 0 Å². The summed E-state index contributed by atoms with van der Waals surface area (Å²) >= 11 is 0. The molecule has 0 spiro atoms. The number of hydrogen-bond acceptors (Lipinski definition) is 4. The number of carbonyl (C=O) groups excluding carboxylic acids is 1. The van der Waals surface area contributed by atoms with E-state index in [0.717, 1.165) is 0 Å². The molecule has 0 aromatic carbocycles. The topological polar surface area (TPSA) is 78.1 Å². The zero-order valence-corrected chi connectivity index (χ0v) is 7.65. The molecule has 0 atom stereocenters. The Labute approximate surface area is 81.3 Å². The highest BCUT2D eigenvalue weighted by Crippen LogP contribution is 2.09. The SMILES string of the molecule is CC#CCOc1nccnc1C(N)=O. The van der Waals surface area contributed by atoms with Crippen molar-refractivity contribution in [2.24, 2.45) is 5.73 Å². The molecule has 0 aliphatic carbocycles. The van der Waals surface area contributed by atoms with Crippen LogP contribution in [0.25, 0.3) is 0 Å². The van der Waals surface area contributed by atoms with Crippen molar-refractivity contribution >= 4 is 5.91 Å². The summed E-state index contributed by atoms with van der Waals surface area (Å²) in [4.78, 5) is 18.4. The van der Waals surface area contributed by atoms with Crippen LogP contribution in [-0.4, -0.2) is 22.5 Å². The van der Waals surface area contributed by atoms with Crippen LogP contribution in [0.5, 0.6) is 5.88 Å². The van der Waals surface area contributed by atoms with Gasteiger partial charge in [0, 0.05) is 12.4 Å². The van der Waals surface area contributed by atoms with Gasteiger partial charge in [-0.2, -0.15) is 0 Å². The van der Waals surface area contributed by atoms with Crippen LogP contribution in [0.1, 0.15) is 17.4 Å². The van der Waals surface area contributed by atoms with Gasteiger partial charge in [0.05, 0.1) is 0 Å². The Balaban J connectivity index is 2.83. The molecule has 0 fully saturated rings. The van der Waals surface area contributed by atoms with Gasteiger partial charge >= 0.3 is 0 Å². The zero-order chi connectivity index (χ0) is 10.4. The molecule has 1 aromatic rings. The quantitative estimate of drug-likeness (QED) is 0.681. The molecule has 0 aliphatic heterocycles. The molecule has 0 saturated carbocycles. The Morgan fingerprint density at radius 1 is 1.57 bits per heavy atom. The minimum Gasteiger partial charge on any atom is -0.463 e. The van der Waals surface area contributed by atoms with Gasteiger partial charge in [-0.3, -0.25) is 4.79 Å². The number of rotatable bonds is 3. The lowest BCUT2D eigenvalue weighted by Crippen LogP contribution is -2.15. The Hall–Kier alpha value is -2.09. The second-order valence-corrected chi connectivity index (χ2v) is 2.29. The van der Waals surface area contributed by atoms with Crippen molar-refractivity contribution in [2.45, 2.75) is 6.92 Å². The normalized spacial score (nSPS) is 8.64. The molecule has 1 aromatic heterocycles. The predicted molar refractivity (Wildman–Crippen MR) is 49.5 cm³/mol. The summed E-state index contributed by atoms with van der Waals surface area (Å²) in [6.45, 7) is 1.85. The van der Waals surface area contributed by atoms with Crippen LogP contribution in [0.3, 0.4) is 0 Å². The first-order valence-electron chi connectivity index (χ1n) is 3.89. The van der Waals surface area contributed by atoms with Gasteiger partial charge in [-0.1, -0.05) is 5.92 Å². The highest BCUT2D eigenvalue weighted by atomic mass is 16.5. The van der Waals surface area contributed by atoms with E-state index in [4.69, 9.17) is 10.5 Å². The number of nitrogens with two attached hydrogens (primary N) is 1. The average molecular weight is 191 g/mol. The standard InChI is InChI=1S/C9H9N3O2/c1-2-3-6-14-9-7(8(10)13)11-4-5-12-9/h4-5H,6H2,1H3,(H2,10,13). The third-order valence-corrected chi connectivity index (χ3v) is 1.36. The number of aromatic nitrogens is 2. The molecule has 0 radical (unpaired) electrons. The summed E-state index contributed by atoms with van der Waals surface area (Å²) in [6.07, 6.45) is 2.79. The van der Waals surface area contributed by atoms with Crippen molar-refractivity contribution in [2.75, 3.05) is 6.61 Å². The molecule has 14 heavy (non-hydrogen) atoms. The lowest BCUT2D eigenvalue weighted by molar-refractivity contribution is 0.0991. The van der Waals surface area contributed by atoms with E-state index < -0.39 is 5.91 Å². The molecular formula is C9H9N3O2. The third kappa shape index (κ3) is 2.45. The first-order valence-corrected chi connectivity index (χ1v) is 3.89. The molecule has 1 amide bonds. The first kappa shape index (κ1) is 9.99. The lowest BCUT2D eigenvalue weighted by Gasteiger charge is -2.02. The molecule has 0 unspecified atom stereocenters. The molecule has 2 N–H and O–H groups in total. The van der Waals surface area contributed by atoms with Gasteiger partial charge in [-0.15, -0.1) is 5.92 Å². The van der Waals surface area contributed by atoms with Crippen LogP contribution in [0, 0.1) is 11.8 Å². The molecular weight excluding hydrogens is 182 g/mol. The van der Waals surface area contributed by atoms with E-state index in [-0.39, 0.29) is 18.2 Å². The molecule has 0 bridgehead atoms. The maximum absolute atomic E-state index is 10.9. The molecule has 5 nitrogen and oxygen atoms in total. The van der Waals surface area contributed by atoms with Gasteiger partial charge in [0.25, 0.3) is 5.91 Å². The number of primary amides is 1. The van der Waals surface area contributed by atoms with Crippen LogP contribution in [0.4, 0.5) is 0 Å². The number of carbonyl (C=O) groups is 1. The molecule has 0 saturated heterocycles. The fourth-order valence-corrected chi connectivity index (χ4v) is 0.777. The van der Waals surface area contributed by atoms with Gasteiger partial charge in [-0.05, 0) is 6.92 Å². The third-order valence-electron chi connectivity index (χ3n) is 1.36. The summed E-state index contributed by atoms with van der Waals surface area (Å²) in [5.74, 6) is 4.76. The Morgan fingerprint density at radius 2 is 2.29 bits per heavy atom. The van der Waals surface area contributed by atoms with E-state index in [1.165, 1.54) is 12.4 Å². The van der Waals surface area contributed by atoms with Crippen molar-refractivity contribution in [3.8, 4) is 17.7 Å². The fraction of sp³-hybridized carbons (Fsp3) is 0.222. The van der Waals surface area contributed by atoms with Crippen molar-refractivity contribution in [1.82, 2.24) is 9.97 Å². The summed E-state index contributed by atoms with van der Waals surface area (Å²) in [5.41, 5.74) is 5.08. The van der Waals surface area contributed by atoms with E-state index in [0.29, 0.717) is 0 Å². The largest absolute Gasteiger partial charge is 0.463 e. The second kappa shape index (κ2) is 4.82. The van der Waals surface area contributed by atoms with Gasteiger partial charge in [0.2, 0.25) is 5.88 Å². The minimum absolute atomic E-state index is 0.0189. The number of nitrogens with zero attached hydrogens (tertiary/aromatic N) is 2. The Kier molecular flexibility index (Phi) is 3.44. The van der Waals surface area contributed by atoms with E-state index in [1.54, 1.807) is 6.92 Å². The average Bonchev–Trinajstić information content (AvgIpc) is 2.19. The van der Waals surface area contributed by atoms with Gasteiger partial charge in [0.1, 0.15) is 0 Å². The molecule has 0 aliphatic rings. The molecule has 72 valence electrons. The monoisotopic (exact) mass is 191 g/mol. The van der Waals surface area contributed by atoms with E-state index in [2.05, 4.69) is 21.8 Å². The van der Waals surface area contributed by atoms with E-state index in [9.17, 15) is 4.79 Å². The molecule has 1 heterocycles. The fourth-order valence-electron chi connectivity index (χ4n) is 0.777. The van der Waals surface area contributed by atoms with Gasteiger partial charge < -0.3 is 10.5 Å². The van der Waals surface area contributed by atoms with Crippen LogP contribution >= 0.6 is 0 Å².